The third kappa shape index (κ3) is 4.07. The third-order valence-electron chi connectivity index (χ3n) is 7.56. The van der Waals surface area contributed by atoms with Crippen LogP contribution in [0.4, 0.5) is 11.4 Å². The average Bonchev–Trinajstić information content (AvgIpc) is 3.31. The summed E-state index contributed by atoms with van der Waals surface area (Å²) < 4.78 is 2.23. The zero-order valence-corrected chi connectivity index (χ0v) is 21.8. The van der Waals surface area contributed by atoms with Crippen LogP contribution in [0.2, 0.25) is 5.02 Å². The van der Waals surface area contributed by atoms with Gasteiger partial charge >= 0.3 is 0 Å². The Bertz CT molecular complexity index is 1200. The average molecular weight is 494 g/mol. The number of nitrogens with zero attached hydrogens (tertiary/aromatic N) is 4. The molecule has 34 heavy (non-hydrogen) atoms. The van der Waals surface area contributed by atoms with Crippen molar-refractivity contribution in [3.8, 4) is 0 Å². The Labute approximate surface area is 212 Å². The van der Waals surface area contributed by atoms with Gasteiger partial charge in [-0.1, -0.05) is 24.6 Å². The summed E-state index contributed by atoms with van der Waals surface area (Å²) in [6, 6.07) is 14.6. The molecule has 7 heteroatoms. The van der Waals surface area contributed by atoms with Crippen LogP contribution >= 0.6 is 23.8 Å². The second-order valence-electron chi connectivity index (χ2n) is 9.69. The van der Waals surface area contributed by atoms with Crippen molar-refractivity contribution in [2.24, 2.45) is 13.0 Å². The maximum Gasteiger partial charge on any atom is 0.174 e. The van der Waals surface area contributed by atoms with Crippen molar-refractivity contribution in [1.82, 2.24) is 14.9 Å². The van der Waals surface area contributed by atoms with E-state index in [1.807, 2.05) is 18.3 Å². The molecule has 2 aliphatic rings. The molecule has 2 unspecified atom stereocenters. The highest BCUT2D eigenvalue weighted by molar-refractivity contribution is 7.80. The third-order valence-corrected chi connectivity index (χ3v) is 8.18. The molecule has 0 amide bonds. The highest BCUT2D eigenvalue weighted by atomic mass is 35.5. The van der Waals surface area contributed by atoms with Crippen molar-refractivity contribution < 1.29 is 0 Å². The van der Waals surface area contributed by atoms with Crippen molar-refractivity contribution in [1.29, 1.82) is 0 Å². The predicted octanol–water partition coefficient (Wildman–Crippen LogP) is 6.10. The van der Waals surface area contributed by atoms with E-state index in [0.29, 0.717) is 5.11 Å². The number of hydrogen-bond donors (Lipinski definition) is 1. The Morgan fingerprint density at radius 2 is 1.85 bits per heavy atom. The first-order valence-electron chi connectivity index (χ1n) is 12.0. The lowest BCUT2D eigenvalue weighted by molar-refractivity contribution is 0.438. The van der Waals surface area contributed by atoms with Crippen LogP contribution in [0, 0.1) is 19.8 Å². The second-order valence-corrected chi connectivity index (χ2v) is 10.5. The summed E-state index contributed by atoms with van der Waals surface area (Å²) in [5, 5.41) is 5.02. The summed E-state index contributed by atoms with van der Waals surface area (Å²) in [6.07, 6.45) is 4.26. The summed E-state index contributed by atoms with van der Waals surface area (Å²) in [4.78, 5) is 9.29. The van der Waals surface area contributed by atoms with Gasteiger partial charge in [0.05, 0.1) is 28.5 Å². The molecule has 0 aliphatic carbocycles. The van der Waals surface area contributed by atoms with Gasteiger partial charge in [0.15, 0.2) is 5.11 Å². The molecule has 0 saturated carbocycles. The van der Waals surface area contributed by atoms with Gasteiger partial charge < -0.3 is 19.7 Å². The standard InChI is InChI=1S/C27H32ClN5S/c1-17-10-13-32(14-11-17)24-9-8-20(16-22(24)28)33-26(21-15-18(2)31(4)19(21)3)25(30-27(33)34)23-7-5-6-12-29-23/h5-9,12,15-17,25-26H,10-11,13-14H2,1-4H3,(H,30,34). The molecule has 178 valence electrons. The summed E-state index contributed by atoms with van der Waals surface area (Å²) in [5.74, 6) is 0.782. The van der Waals surface area contributed by atoms with Gasteiger partial charge in [-0.3, -0.25) is 4.98 Å². The van der Waals surface area contributed by atoms with Crippen LogP contribution in [0.3, 0.4) is 0 Å². The van der Waals surface area contributed by atoms with Gasteiger partial charge in [-0.15, -0.1) is 0 Å². The van der Waals surface area contributed by atoms with E-state index in [1.54, 1.807) is 0 Å². The molecule has 0 bridgehead atoms. The fourth-order valence-corrected chi connectivity index (χ4v) is 5.92. The summed E-state index contributed by atoms with van der Waals surface area (Å²) in [5.41, 5.74) is 6.78. The van der Waals surface area contributed by atoms with Gasteiger partial charge in [-0.2, -0.15) is 0 Å². The van der Waals surface area contributed by atoms with Gasteiger partial charge in [0.2, 0.25) is 0 Å². The van der Waals surface area contributed by atoms with Crippen molar-refractivity contribution in [2.75, 3.05) is 22.9 Å². The van der Waals surface area contributed by atoms with Gasteiger partial charge in [0.1, 0.15) is 0 Å². The van der Waals surface area contributed by atoms with E-state index in [-0.39, 0.29) is 12.1 Å². The predicted molar refractivity (Wildman–Crippen MR) is 145 cm³/mol. The zero-order valence-electron chi connectivity index (χ0n) is 20.3. The normalized spacial score (nSPS) is 21.3. The zero-order chi connectivity index (χ0) is 24.0. The summed E-state index contributed by atoms with van der Waals surface area (Å²) >= 11 is 12.8. The molecule has 5 rings (SSSR count). The first-order valence-corrected chi connectivity index (χ1v) is 12.8. The van der Waals surface area contributed by atoms with Crippen molar-refractivity contribution in [3.05, 3.63) is 76.3 Å². The van der Waals surface area contributed by atoms with Crippen molar-refractivity contribution in [2.45, 2.75) is 45.7 Å². The SMILES string of the molecule is Cc1cc(C2C(c3ccccn3)NC(=S)N2c2ccc(N3CCC(C)CC3)c(Cl)c2)c(C)n1C. The van der Waals surface area contributed by atoms with E-state index >= 15 is 0 Å². The Morgan fingerprint density at radius 3 is 2.47 bits per heavy atom. The highest BCUT2D eigenvalue weighted by Gasteiger charge is 2.42. The minimum absolute atomic E-state index is 0.0277. The lowest BCUT2D eigenvalue weighted by atomic mass is 9.96. The molecule has 5 nitrogen and oxygen atoms in total. The molecule has 2 aromatic heterocycles. The minimum Gasteiger partial charge on any atom is -0.370 e. The molecule has 2 saturated heterocycles. The summed E-state index contributed by atoms with van der Waals surface area (Å²) in [6.45, 7) is 8.75. The molecular weight excluding hydrogens is 462 g/mol. The Balaban J connectivity index is 1.55. The van der Waals surface area contributed by atoms with Gasteiger partial charge in [0.25, 0.3) is 0 Å². The van der Waals surface area contributed by atoms with Crippen LogP contribution in [-0.4, -0.2) is 27.8 Å². The lowest BCUT2D eigenvalue weighted by Crippen LogP contribution is -2.33. The van der Waals surface area contributed by atoms with Crippen LogP contribution in [0.1, 0.15) is 54.5 Å². The van der Waals surface area contributed by atoms with Crippen LogP contribution in [0.15, 0.2) is 48.7 Å². The maximum atomic E-state index is 6.88. The largest absolute Gasteiger partial charge is 0.370 e. The van der Waals surface area contributed by atoms with Crippen LogP contribution in [0.5, 0.6) is 0 Å². The number of halogens is 1. The molecule has 3 aromatic rings. The second kappa shape index (κ2) is 9.23. The number of hydrogen-bond acceptors (Lipinski definition) is 3. The minimum atomic E-state index is -0.0590. The number of piperidine rings is 1. The molecule has 0 radical (unpaired) electrons. The van der Waals surface area contributed by atoms with Crippen LogP contribution in [-0.2, 0) is 7.05 Å². The summed E-state index contributed by atoms with van der Waals surface area (Å²) in [7, 11) is 2.11. The van der Waals surface area contributed by atoms with Crippen molar-refractivity contribution in [3.63, 3.8) is 0 Å². The van der Waals surface area contributed by atoms with Gasteiger partial charge in [-0.05, 0) is 86.8 Å². The molecule has 1 aromatic carbocycles. The number of pyridine rings is 1. The van der Waals surface area contributed by atoms with E-state index < -0.39 is 0 Å². The van der Waals surface area contributed by atoms with E-state index in [0.717, 1.165) is 41.1 Å². The monoisotopic (exact) mass is 493 g/mol. The number of thiocarbonyl (C=S) groups is 1. The first kappa shape index (κ1) is 23.2. The van der Waals surface area contributed by atoms with Gasteiger partial charge in [-0.25, -0.2) is 0 Å². The quantitative estimate of drug-likeness (QED) is 0.444. The molecule has 2 aliphatic heterocycles. The Hall–Kier alpha value is -2.57. The number of aryl methyl sites for hydroxylation is 1. The number of nitrogens with one attached hydrogen (secondary N) is 1. The van der Waals surface area contributed by atoms with Crippen LogP contribution in [0.25, 0.3) is 0 Å². The number of aromatic nitrogens is 2. The molecular formula is C27H32ClN5S. The van der Waals surface area contributed by atoms with Gasteiger partial charge in [0, 0.05) is 43.4 Å². The molecule has 1 N–H and O–H groups in total. The van der Waals surface area contributed by atoms with E-state index in [1.165, 1.54) is 29.8 Å². The van der Waals surface area contributed by atoms with Crippen molar-refractivity contribution >= 4 is 40.3 Å². The number of benzene rings is 1. The topological polar surface area (TPSA) is 36.3 Å². The first-order chi connectivity index (χ1) is 16.3. The Morgan fingerprint density at radius 1 is 1.09 bits per heavy atom. The Kier molecular flexibility index (Phi) is 6.30. The smallest absolute Gasteiger partial charge is 0.174 e. The van der Waals surface area contributed by atoms with Crippen LogP contribution < -0.4 is 15.1 Å². The fraction of sp³-hybridized carbons (Fsp3) is 0.407. The lowest BCUT2D eigenvalue weighted by Gasteiger charge is -2.33. The number of anilines is 2. The van der Waals surface area contributed by atoms with E-state index in [9.17, 15) is 0 Å². The van der Waals surface area contributed by atoms with E-state index in [2.05, 4.69) is 82.8 Å². The highest BCUT2D eigenvalue weighted by Crippen LogP contribution is 2.44. The number of rotatable bonds is 4. The molecule has 2 fully saturated rings. The molecule has 4 heterocycles. The maximum absolute atomic E-state index is 6.88. The molecule has 2 atom stereocenters. The fourth-order valence-electron chi connectivity index (χ4n) is 5.28. The molecule has 0 spiro atoms. The van der Waals surface area contributed by atoms with E-state index in [4.69, 9.17) is 23.8 Å².